The highest BCUT2D eigenvalue weighted by Crippen LogP contribution is 2.43. The fraction of sp³-hybridized carbons (Fsp3) is 0.432. The second-order valence-electron chi connectivity index (χ2n) is 15.9. The first-order valence-electron chi connectivity index (χ1n) is 20.2. The van der Waals surface area contributed by atoms with E-state index in [-0.39, 0.29) is 72.8 Å². The lowest BCUT2D eigenvalue weighted by Gasteiger charge is -2.39. The largest absolute Gasteiger partial charge is 0.496 e. The van der Waals surface area contributed by atoms with Crippen LogP contribution in [0.2, 0.25) is 0 Å². The van der Waals surface area contributed by atoms with E-state index in [2.05, 4.69) is 15.2 Å². The predicted octanol–water partition coefficient (Wildman–Crippen LogP) is 3.32. The molecule has 0 aliphatic carbocycles. The number of nitrogens with one attached hydrogen (secondary N) is 1. The number of methoxy groups -OCH3 is 2. The van der Waals surface area contributed by atoms with E-state index in [1.165, 1.54) is 6.07 Å². The average molecular weight is 821 g/mol. The molecule has 4 aliphatic rings. The molecule has 1 atom stereocenters. The zero-order valence-electron chi connectivity index (χ0n) is 34.0. The highest BCUT2D eigenvalue weighted by atomic mass is 16.5. The highest BCUT2D eigenvalue weighted by Gasteiger charge is 2.46. The summed E-state index contributed by atoms with van der Waals surface area (Å²) in [4.78, 5) is 85.8. The smallest absolute Gasteiger partial charge is 0.266 e. The van der Waals surface area contributed by atoms with E-state index in [1.54, 1.807) is 50.4 Å². The molecule has 0 radical (unpaired) electrons. The highest BCUT2D eigenvalue weighted by molar-refractivity contribution is 6.24. The van der Waals surface area contributed by atoms with E-state index in [0.29, 0.717) is 36.5 Å². The Hall–Kier alpha value is -6.13. The standard InChI is InChI=1S/C44H48N6O10/c1-47-24-31(28-9-14-45-23-30(28)41(47)54)27-21-35(57-2)32(36(22-27)58-3)25-48-15-11-44(26-48)12-16-49(17-13-44)38(52)10-18-59-19-20-60-34-6-4-5-29-39(34)43(56)50(42(29)55)33-7-8-37(51)46-40(33)53/h4-6,9,14,21-24,33H,7-8,10-13,15-20,25-26H2,1-3H3,(H,46,51,53). The molecule has 60 heavy (non-hydrogen) atoms. The van der Waals surface area contributed by atoms with Gasteiger partial charge in [-0.05, 0) is 78.9 Å². The maximum atomic E-state index is 13.3. The predicted molar refractivity (Wildman–Crippen MR) is 218 cm³/mol. The summed E-state index contributed by atoms with van der Waals surface area (Å²) in [5.74, 6) is -0.689. The molecule has 6 heterocycles. The second kappa shape index (κ2) is 16.9. The number of amides is 5. The summed E-state index contributed by atoms with van der Waals surface area (Å²) in [6.45, 7) is 4.30. The molecule has 8 rings (SSSR count). The number of fused-ring (bicyclic) bond motifs is 2. The van der Waals surface area contributed by atoms with Gasteiger partial charge in [0.05, 0.1) is 55.9 Å². The molecule has 314 valence electrons. The SMILES string of the molecule is COc1cc(-c2cn(C)c(=O)c3cnccc23)cc(OC)c1CN1CCC2(CCN(C(=O)CCOCCOc3cccc4c3C(=O)N(C3CCC(=O)NC3=O)C4=O)CC2)C1. The van der Waals surface area contributed by atoms with Gasteiger partial charge in [0.15, 0.2) is 0 Å². The Bertz CT molecular complexity index is 2410. The lowest BCUT2D eigenvalue weighted by atomic mass is 9.77. The molecule has 2 aromatic carbocycles. The van der Waals surface area contributed by atoms with Gasteiger partial charge in [-0.3, -0.25) is 48.9 Å². The zero-order chi connectivity index (χ0) is 42.1. The molecule has 1 N–H and O–H groups in total. The first-order chi connectivity index (χ1) is 29.0. The van der Waals surface area contributed by atoms with E-state index < -0.39 is 29.7 Å². The third-order valence-electron chi connectivity index (χ3n) is 12.4. The number of hydrogen-bond donors (Lipinski definition) is 1. The Morgan fingerprint density at radius 3 is 2.37 bits per heavy atom. The number of hydrogen-bond acceptors (Lipinski definition) is 12. The van der Waals surface area contributed by atoms with Crippen molar-refractivity contribution in [3.8, 4) is 28.4 Å². The fourth-order valence-corrected chi connectivity index (χ4v) is 9.10. The normalized spacial score (nSPS) is 18.9. The Kier molecular flexibility index (Phi) is 11.4. The number of imide groups is 2. The van der Waals surface area contributed by atoms with Gasteiger partial charge < -0.3 is 28.4 Å². The number of rotatable bonds is 13. The summed E-state index contributed by atoms with van der Waals surface area (Å²) >= 11 is 0. The van der Waals surface area contributed by atoms with Crippen LogP contribution in [0.3, 0.4) is 0 Å². The number of nitrogens with zero attached hydrogens (tertiary/aromatic N) is 5. The molecule has 4 aliphatic heterocycles. The Morgan fingerprint density at radius 1 is 0.883 bits per heavy atom. The van der Waals surface area contributed by atoms with E-state index in [4.69, 9.17) is 18.9 Å². The monoisotopic (exact) mass is 820 g/mol. The van der Waals surface area contributed by atoms with Gasteiger partial charge in [-0.2, -0.15) is 0 Å². The number of likely N-dealkylation sites (tertiary alicyclic amines) is 2. The van der Waals surface area contributed by atoms with Gasteiger partial charge in [0.1, 0.15) is 29.9 Å². The van der Waals surface area contributed by atoms with E-state index in [0.717, 1.165) is 59.3 Å². The lowest BCUT2D eigenvalue weighted by Crippen LogP contribution is -2.54. The van der Waals surface area contributed by atoms with Crippen LogP contribution in [0.1, 0.15) is 64.8 Å². The summed E-state index contributed by atoms with van der Waals surface area (Å²) in [6, 6.07) is 9.49. The van der Waals surface area contributed by atoms with Crippen LogP contribution in [0, 0.1) is 5.41 Å². The number of benzene rings is 2. The minimum absolute atomic E-state index is 0.0359. The molecule has 16 nitrogen and oxygen atoms in total. The molecule has 16 heteroatoms. The molecular weight excluding hydrogens is 773 g/mol. The first-order valence-corrected chi connectivity index (χ1v) is 20.2. The van der Waals surface area contributed by atoms with E-state index in [1.807, 2.05) is 29.3 Å². The number of piperidine rings is 2. The summed E-state index contributed by atoms with van der Waals surface area (Å²) in [5, 5.41) is 3.55. The van der Waals surface area contributed by atoms with Crippen molar-refractivity contribution in [3.63, 3.8) is 0 Å². The van der Waals surface area contributed by atoms with Crippen molar-refractivity contribution in [3.05, 3.63) is 82.0 Å². The van der Waals surface area contributed by atoms with Gasteiger partial charge >= 0.3 is 0 Å². The summed E-state index contributed by atoms with van der Waals surface area (Å²) in [7, 11) is 5.05. The molecule has 4 aromatic rings. The number of ether oxygens (including phenoxy) is 4. The van der Waals surface area contributed by atoms with E-state index >= 15 is 0 Å². The quantitative estimate of drug-likeness (QED) is 0.154. The van der Waals surface area contributed by atoms with Crippen molar-refractivity contribution >= 4 is 40.3 Å². The number of aryl methyl sites for hydroxylation is 1. The first kappa shape index (κ1) is 40.6. The van der Waals surface area contributed by atoms with Crippen molar-refractivity contribution in [2.45, 2.75) is 51.1 Å². The van der Waals surface area contributed by atoms with Gasteiger partial charge in [-0.1, -0.05) is 6.07 Å². The topological polar surface area (TPSA) is 179 Å². The summed E-state index contributed by atoms with van der Waals surface area (Å²) in [5.41, 5.74) is 2.95. The summed E-state index contributed by atoms with van der Waals surface area (Å²) < 4.78 is 25.0. The molecule has 0 saturated carbocycles. The van der Waals surface area contributed by atoms with Gasteiger partial charge in [0.2, 0.25) is 17.7 Å². The van der Waals surface area contributed by atoms with Crippen LogP contribution in [-0.2, 0) is 32.7 Å². The van der Waals surface area contributed by atoms with Crippen LogP contribution in [0.5, 0.6) is 17.2 Å². The molecule has 5 amide bonds. The molecule has 1 unspecified atom stereocenters. The minimum atomic E-state index is -1.06. The van der Waals surface area contributed by atoms with Gasteiger partial charge in [-0.15, -0.1) is 0 Å². The Morgan fingerprint density at radius 2 is 1.63 bits per heavy atom. The van der Waals surface area contributed by atoms with Crippen molar-refractivity contribution in [1.82, 2.24) is 29.6 Å². The van der Waals surface area contributed by atoms with Crippen LogP contribution >= 0.6 is 0 Å². The molecule has 3 fully saturated rings. The fourth-order valence-electron chi connectivity index (χ4n) is 9.10. The van der Waals surface area contributed by atoms with E-state index in [9.17, 15) is 28.8 Å². The average Bonchev–Trinajstić information content (AvgIpc) is 3.76. The van der Waals surface area contributed by atoms with Crippen LogP contribution in [0.4, 0.5) is 0 Å². The Labute approximate surface area is 346 Å². The molecule has 3 saturated heterocycles. The third kappa shape index (κ3) is 7.72. The van der Waals surface area contributed by atoms with Crippen molar-refractivity contribution in [2.75, 3.05) is 60.2 Å². The number of pyridine rings is 2. The minimum Gasteiger partial charge on any atom is -0.496 e. The second-order valence-corrected chi connectivity index (χ2v) is 15.9. The molecular formula is C44H48N6O10. The van der Waals surface area contributed by atoms with Gasteiger partial charge in [0.25, 0.3) is 17.4 Å². The molecule has 1 spiro atoms. The van der Waals surface area contributed by atoms with Crippen molar-refractivity contribution in [1.29, 1.82) is 0 Å². The van der Waals surface area contributed by atoms with Crippen molar-refractivity contribution < 1.29 is 42.9 Å². The Balaban J connectivity index is 0.802. The number of aromatic nitrogens is 2. The van der Waals surface area contributed by atoms with Crippen LogP contribution < -0.4 is 25.1 Å². The number of carbonyl (C=O) groups is 5. The van der Waals surface area contributed by atoms with Crippen LogP contribution in [0.15, 0.2) is 59.8 Å². The van der Waals surface area contributed by atoms with Crippen LogP contribution in [-0.4, -0.2) is 120 Å². The maximum Gasteiger partial charge on any atom is 0.266 e. The van der Waals surface area contributed by atoms with Gasteiger partial charge in [-0.25, -0.2) is 0 Å². The maximum absolute atomic E-state index is 13.3. The number of carbonyl (C=O) groups excluding carboxylic acids is 5. The van der Waals surface area contributed by atoms with Crippen molar-refractivity contribution in [2.24, 2.45) is 12.5 Å². The van der Waals surface area contributed by atoms with Crippen LogP contribution in [0.25, 0.3) is 21.9 Å². The van der Waals surface area contributed by atoms with Gasteiger partial charge in [0, 0.05) is 63.8 Å². The molecule has 2 aromatic heterocycles. The summed E-state index contributed by atoms with van der Waals surface area (Å²) in [6.07, 6.45) is 8.31. The lowest BCUT2D eigenvalue weighted by molar-refractivity contribution is -0.136. The third-order valence-corrected chi connectivity index (χ3v) is 12.4. The molecule has 0 bridgehead atoms. The zero-order valence-corrected chi connectivity index (χ0v) is 34.0.